The quantitative estimate of drug-likeness (QED) is 0.202. The van der Waals surface area contributed by atoms with Crippen molar-refractivity contribution in [3.05, 3.63) is 136 Å². The van der Waals surface area contributed by atoms with E-state index in [0.717, 1.165) is 23.2 Å². The first-order valence-corrected chi connectivity index (χ1v) is 13.3. The zero-order valence-corrected chi connectivity index (χ0v) is 21.8. The van der Waals surface area contributed by atoms with Crippen molar-refractivity contribution < 1.29 is 9.13 Å². The van der Waals surface area contributed by atoms with Crippen LogP contribution in [0.5, 0.6) is 5.75 Å². The molecule has 4 aromatic rings. The number of aryl methyl sites for hydroxylation is 1. The highest BCUT2D eigenvalue weighted by Gasteiger charge is 2.37. The molecule has 1 heterocycles. The van der Waals surface area contributed by atoms with Crippen molar-refractivity contribution in [1.82, 2.24) is 0 Å². The van der Waals surface area contributed by atoms with Crippen molar-refractivity contribution in [2.75, 3.05) is 5.32 Å². The summed E-state index contributed by atoms with van der Waals surface area (Å²) < 4.78 is 19.5. The van der Waals surface area contributed by atoms with E-state index in [0.29, 0.717) is 22.6 Å². The highest BCUT2D eigenvalue weighted by molar-refractivity contribution is 6.30. The number of halogens is 2. The number of hydrogen-bond donors (Lipinski definition) is 1. The fourth-order valence-electron chi connectivity index (χ4n) is 5.50. The maximum Gasteiger partial charge on any atom is 0.128 e. The zero-order valence-electron chi connectivity index (χ0n) is 21.1. The van der Waals surface area contributed by atoms with Crippen molar-refractivity contribution in [1.29, 1.82) is 0 Å². The van der Waals surface area contributed by atoms with Crippen LogP contribution in [-0.4, -0.2) is 6.21 Å². The van der Waals surface area contributed by atoms with Crippen molar-refractivity contribution in [3.8, 4) is 5.75 Å². The van der Waals surface area contributed by atoms with Crippen molar-refractivity contribution >= 4 is 29.2 Å². The summed E-state index contributed by atoms with van der Waals surface area (Å²) >= 11 is 6.25. The molecular weight excluding hydrogens is 495 g/mol. The molecule has 38 heavy (non-hydrogen) atoms. The first kappa shape index (κ1) is 24.4. The topological polar surface area (TPSA) is 33.6 Å². The second-order valence-corrected chi connectivity index (χ2v) is 10.5. The number of hydrogen-bond acceptors (Lipinski definition) is 3. The monoisotopic (exact) mass is 522 g/mol. The molecule has 0 saturated carbocycles. The van der Waals surface area contributed by atoms with Gasteiger partial charge in [0.25, 0.3) is 0 Å². The Labute approximate surface area is 227 Å². The normalized spacial score (nSPS) is 19.7. The van der Waals surface area contributed by atoms with Crippen LogP contribution in [0.3, 0.4) is 0 Å². The fraction of sp³-hybridized carbons (Fsp3) is 0.182. The summed E-state index contributed by atoms with van der Waals surface area (Å²) in [5.41, 5.74) is 7.55. The predicted molar refractivity (Wildman–Crippen MR) is 153 cm³/mol. The molecule has 1 N–H and O–H groups in total. The van der Waals surface area contributed by atoms with Gasteiger partial charge in [-0.25, -0.2) is 4.39 Å². The number of benzene rings is 4. The maximum atomic E-state index is 13.5. The van der Waals surface area contributed by atoms with Crippen molar-refractivity contribution in [3.63, 3.8) is 0 Å². The third-order valence-electron chi connectivity index (χ3n) is 7.38. The first-order chi connectivity index (χ1) is 18.5. The minimum Gasteiger partial charge on any atom is -0.488 e. The first-order valence-electron chi connectivity index (χ1n) is 12.9. The number of rotatable bonds is 6. The third kappa shape index (κ3) is 5.09. The Kier molecular flexibility index (Phi) is 6.73. The lowest BCUT2D eigenvalue weighted by molar-refractivity contribution is 0.305. The smallest absolute Gasteiger partial charge is 0.128 e. The Bertz CT molecular complexity index is 1530. The van der Waals surface area contributed by atoms with Gasteiger partial charge < -0.3 is 10.1 Å². The van der Waals surface area contributed by atoms with Crippen molar-refractivity contribution in [2.45, 2.75) is 31.9 Å². The molecule has 190 valence electrons. The Morgan fingerprint density at radius 3 is 2.74 bits per heavy atom. The molecule has 3 atom stereocenters. The number of fused-ring (bicyclic) bond motifs is 3. The van der Waals surface area contributed by atoms with E-state index in [-0.39, 0.29) is 18.5 Å². The second-order valence-electron chi connectivity index (χ2n) is 10.0. The fourth-order valence-corrected chi connectivity index (χ4v) is 5.68. The lowest BCUT2D eigenvalue weighted by Crippen LogP contribution is -2.29. The number of anilines is 1. The number of allylic oxidation sites excluding steroid dienone is 2. The molecule has 0 saturated heterocycles. The molecule has 0 amide bonds. The van der Waals surface area contributed by atoms with Crippen LogP contribution < -0.4 is 10.1 Å². The van der Waals surface area contributed by atoms with E-state index in [1.165, 1.54) is 34.5 Å². The Morgan fingerprint density at radius 2 is 1.89 bits per heavy atom. The summed E-state index contributed by atoms with van der Waals surface area (Å²) in [7, 11) is 0. The van der Waals surface area contributed by atoms with E-state index in [2.05, 4.69) is 59.7 Å². The van der Waals surface area contributed by atoms with Crippen LogP contribution in [0.4, 0.5) is 15.8 Å². The van der Waals surface area contributed by atoms with E-state index >= 15 is 0 Å². The van der Waals surface area contributed by atoms with E-state index in [9.17, 15) is 4.39 Å². The second kappa shape index (κ2) is 10.5. The maximum absolute atomic E-state index is 13.5. The van der Waals surface area contributed by atoms with Crippen LogP contribution in [-0.2, 0) is 6.61 Å². The molecule has 0 fully saturated rings. The summed E-state index contributed by atoms with van der Waals surface area (Å²) in [5, 5.41) is 4.40. The van der Waals surface area contributed by atoms with Crippen LogP contribution in [0.1, 0.15) is 46.2 Å². The molecule has 2 aliphatic rings. The molecule has 0 aromatic heterocycles. The molecule has 0 bridgehead atoms. The van der Waals surface area contributed by atoms with Gasteiger partial charge in [-0.05, 0) is 84.5 Å². The van der Waals surface area contributed by atoms with Gasteiger partial charge in [-0.2, -0.15) is 0 Å². The Morgan fingerprint density at radius 1 is 1.03 bits per heavy atom. The molecule has 6 rings (SSSR count). The SMILES string of the molecule is Cc1ccc2c(c1)[C@@H]1C=CC[C@H]1[C@H](c1ccc(N=Cc3cc(Cl)ccc3OCc3cccc(F)c3)cc1)N2. The van der Waals surface area contributed by atoms with Gasteiger partial charge in [-0.15, -0.1) is 0 Å². The molecule has 0 spiro atoms. The van der Waals surface area contributed by atoms with Gasteiger partial charge in [0, 0.05) is 28.4 Å². The lowest BCUT2D eigenvalue weighted by atomic mass is 9.76. The summed E-state index contributed by atoms with van der Waals surface area (Å²) in [6.45, 7) is 2.41. The third-order valence-corrected chi connectivity index (χ3v) is 7.61. The molecule has 0 radical (unpaired) electrons. The van der Waals surface area contributed by atoms with Gasteiger partial charge in [-0.1, -0.05) is 65.7 Å². The molecule has 1 aliphatic carbocycles. The summed E-state index contributed by atoms with van der Waals surface area (Å²) in [5.74, 6) is 1.30. The molecule has 1 aliphatic heterocycles. The Balaban J connectivity index is 1.19. The van der Waals surface area contributed by atoms with E-state index < -0.39 is 0 Å². The summed E-state index contributed by atoms with van der Waals surface area (Å²) in [6.07, 6.45) is 7.52. The van der Waals surface area contributed by atoms with Gasteiger partial charge in [0.1, 0.15) is 18.2 Å². The van der Waals surface area contributed by atoms with E-state index in [1.54, 1.807) is 18.3 Å². The van der Waals surface area contributed by atoms with Gasteiger partial charge in [0.15, 0.2) is 0 Å². The average molecular weight is 523 g/mol. The highest BCUT2D eigenvalue weighted by Crippen LogP contribution is 2.50. The zero-order chi connectivity index (χ0) is 26.1. The number of aliphatic imine (C=N–C) groups is 1. The van der Waals surface area contributed by atoms with Gasteiger partial charge in [0.2, 0.25) is 0 Å². The summed E-state index contributed by atoms with van der Waals surface area (Å²) in [6, 6.07) is 27.2. The molecule has 0 unspecified atom stereocenters. The number of nitrogens with zero attached hydrogens (tertiary/aromatic N) is 1. The van der Waals surface area contributed by atoms with Gasteiger partial charge >= 0.3 is 0 Å². The lowest BCUT2D eigenvalue weighted by Gasteiger charge is -2.37. The molecule has 3 nitrogen and oxygen atoms in total. The molecule has 5 heteroatoms. The highest BCUT2D eigenvalue weighted by atomic mass is 35.5. The van der Waals surface area contributed by atoms with Crippen LogP contribution in [0.15, 0.2) is 102 Å². The van der Waals surface area contributed by atoms with E-state index in [4.69, 9.17) is 16.3 Å². The van der Waals surface area contributed by atoms with Crippen LogP contribution in [0, 0.1) is 18.7 Å². The standard InChI is InChI=1S/C33H28ClFN2O/c1-21-8-14-31-30(16-21)28-6-3-7-29(28)33(37-31)23-9-12-27(13-10-23)36-19-24-18-25(34)11-15-32(24)38-20-22-4-2-5-26(35)17-22/h2-6,8-19,28-29,33,37H,7,20H2,1H3/t28-,29-,33+/m1/s1. The number of ether oxygens (including phenoxy) is 1. The number of nitrogens with one attached hydrogen (secondary N) is 1. The molecular formula is C33H28ClFN2O. The largest absolute Gasteiger partial charge is 0.488 e. The Hall–Kier alpha value is -3.89. The van der Waals surface area contributed by atoms with Gasteiger partial charge in [-0.3, -0.25) is 4.99 Å². The van der Waals surface area contributed by atoms with Crippen molar-refractivity contribution in [2.24, 2.45) is 10.9 Å². The van der Waals surface area contributed by atoms with Crippen LogP contribution in [0.25, 0.3) is 0 Å². The average Bonchev–Trinajstić information content (AvgIpc) is 3.42. The van der Waals surface area contributed by atoms with Crippen LogP contribution >= 0.6 is 11.6 Å². The predicted octanol–water partition coefficient (Wildman–Crippen LogP) is 8.94. The van der Waals surface area contributed by atoms with Gasteiger partial charge in [0.05, 0.1) is 11.7 Å². The minimum absolute atomic E-state index is 0.249. The minimum atomic E-state index is -0.283. The van der Waals surface area contributed by atoms with E-state index in [1.807, 2.05) is 30.3 Å². The molecule has 4 aromatic carbocycles. The van der Waals surface area contributed by atoms with Crippen LogP contribution in [0.2, 0.25) is 5.02 Å². The summed E-state index contributed by atoms with van der Waals surface area (Å²) in [4.78, 5) is 4.69.